The fraction of sp³-hybridized carbons (Fsp3) is 0.333. The molecule has 7 nitrogen and oxygen atoms in total. The Kier molecular flexibility index (Phi) is 3.78. The Morgan fingerprint density at radius 2 is 2.10 bits per heavy atom. The van der Waals surface area contributed by atoms with Crippen LogP contribution in [0.4, 0.5) is 5.69 Å². The number of anilines is 1. The Morgan fingerprint density at radius 3 is 2.70 bits per heavy atom. The number of amides is 2. The van der Waals surface area contributed by atoms with Crippen LogP contribution in [0.15, 0.2) is 23.1 Å². The predicted octanol–water partition coefficient (Wildman–Crippen LogP) is -0.641. The van der Waals surface area contributed by atoms with Crippen molar-refractivity contribution in [1.29, 1.82) is 0 Å². The fourth-order valence-corrected chi connectivity index (χ4v) is 2.67. The molecule has 1 aromatic carbocycles. The van der Waals surface area contributed by atoms with Crippen molar-refractivity contribution in [2.24, 2.45) is 5.14 Å². The third kappa shape index (κ3) is 2.97. The number of nitrogens with two attached hydrogens (primary N) is 1. The van der Waals surface area contributed by atoms with Gasteiger partial charge in [-0.1, -0.05) is 0 Å². The molecule has 20 heavy (non-hydrogen) atoms. The summed E-state index contributed by atoms with van der Waals surface area (Å²) in [6.45, 7) is 1.72. The van der Waals surface area contributed by atoms with Gasteiger partial charge < -0.3 is 10.2 Å². The van der Waals surface area contributed by atoms with Gasteiger partial charge in [0.05, 0.1) is 11.4 Å². The molecule has 0 unspecified atom stereocenters. The summed E-state index contributed by atoms with van der Waals surface area (Å²) in [5, 5.41) is 7.51. The lowest BCUT2D eigenvalue weighted by Gasteiger charge is -2.17. The summed E-state index contributed by atoms with van der Waals surface area (Å²) >= 11 is 0. The van der Waals surface area contributed by atoms with Crippen LogP contribution in [0.5, 0.6) is 0 Å². The molecule has 1 aliphatic heterocycles. The highest BCUT2D eigenvalue weighted by atomic mass is 32.2. The van der Waals surface area contributed by atoms with Gasteiger partial charge >= 0.3 is 0 Å². The average Bonchev–Trinajstić information content (AvgIpc) is 2.77. The average molecular weight is 297 g/mol. The van der Waals surface area contributed by atoms with Gasteiger partial charge in [-0.2, -0.15) is 0 Å². The summed E-state index contributed by atoms with van der Waals surface area (Å²) < 4.78 is 22.6. The van der Waals surface area contributed by atoms with Crippen LogP contribution in [-0.4, -0.2) is 33.3 Å². The lowest BCUT2D eigenvalue weighted by molar-refractivity contribution is -0.123. The van der Waals surface area contributed by atoms with Gasteiger partial charge in [0, 0.05) is 19.2 Å². The minimum absolute atomic E-state index is 0.0346. The molecule has 0 bridgehead atoms. The second-order valence-electron chi connectivity index (χ2n) is 4.54. The molecule has 1 aliphatic rings. The summed E-state index contributed by atoms with van der Waals surface area (Å²) in [6.07, 6.45) is 0.560. The Hall–Kier alpha value is -1.93. The minimum atomic E-state index is -3.74. The van der Waals surface area contributed by atoms with Gasteiger partial charge in [-0.15, -0.1) is 0 Å². The first-order valence-electron chi connectivity index (χ1n) is 5.99. The molecule has 1 heterocycles. The first kappa shape index (κ1) is 14.5. The van der Waals surface area contributed by atoms with Crippen molar-refractivity contribution in [3.05, 3.63) is 23.8 Å². The van der Waals surface area contributed by atoms with E-state index in [1.54, 1.807) is 6.07 Å². The van der Waals surface area contributed by atoms with E-state index in [0.29, 0.717) is 18.7 Å². The van der Waals surface area contributed by atoms with Crippen LogP contribution in [0.25, 0.3) is 0 Å². The minimum Gasteiger partial charge on any atom is -0.347 e. The van der Waals surface area contributed by atoms with Crippen molar-refractivity contribution in [2.75, 3.05) is 18.0 Å². The molecule has 0 atom stereocenters. The van der Waals surface area contributed by atoms with E-state index in [4.69, 9.17) is 5.14 Å². The van der Waals surface area contributed by atoms with E-state index in [-0.39, 0.29) is 23.3 Å². The van der Waals surface area contributed by atoms with E-state index in [1.807, 2.05) is 0 Å². The van der Waals surface area contributed by atoms with E-state index in [2.05, 4.69) is 5.32 Å². The summed E-state index contributed by atoms with van der Waals surface area (Å²) in [7, 11) is -3.74. The molecule has 108 valence electrons. The normalized spacial score (nSPS) is 14.0. The molecule has 0 aromatic heterocycles. The highest BCUT2D eigenvalue weighted by Crippen LogP contribution is 2.29. The predicted molar refractivity (Wildman–Crippen MR) is 72.6 cm³/mol. The van der Waals surface area contributed by atoms with Crippen molar-refractivity contribution in [2.45, 2.75) is 18.2 Å². The number of primary sulfonamides is 1. The van der Waals surface area contributed by atoms with Crippen LogP contribution in [0.1, 0.15) is 12.5 Å². The van der Waals surface area contributed by atoms with Crippen LogP contribution in [-0.2, 0) is 26.0 Å². The molecule has 2 rings (SSSR count). The third-order valence-electron chi connectivity index (χ3n) is 3.06. The second kappa shape index (κ2) is 5.22. The zero-order chi connectivity index (χ0) is 14.9. The van der Waals surface area contributed by atoms with Crippen LogP contribution >= 0.6 is 0 Å². The van der Waals surface area contributed by atoms with Gasteiger partial charge in [0.25, 0.3) is 0 Å². The molecule has 2 amide bonds. The number of carbonyl (C=O) groups is 2. The van der Waals surface area contributed by atoms with Gasteiger partial charge in [-0.25, -0.2) is 13.6 Å². The van der Waals surface area contributed by atoms with E-state index in [1.165, 1.54) is 24.0 Å². The number of hydrogen-bond donors (Lipinski definition) is 2. The monoisotopic (exact) mass is 297 g/mol. The molecular weight excluding hydrogens is 282 g/mol. The largest absolute Gasteiger partial charge is 0.347 e. The van der Waals surface area contributed by atoms with Crippen molar-refractivity contribution in [3.63, 3.8) is 0 Å². The first-order valence-corrected chi connectivity index (χ1v) is 7.54. The number of rotatable bonds is 3. The van der Waals surface area contributed by atoms with Gasteiger partial charge in [0.2, 0.25) is 21.8 Å². The molecule has 0 fully saturated rings. The summed E-state index contributed by atoms with van der Waals surface area (Å²) in [6, 6.07) is 4.42. The maximum atomic E-state index is 12.0. The Labute approximate surface area is 116 Å². The second-order valence-corrected chi connectivity index (χ2v) is 6.10. The van der Waals surface area contributed by atoms with E-state index in [9.17, 15) is 18.0 Å². The van der Waals surface area contributed by atoms with E-state index < -0.39 is 10.0 Å². The Balaban J connectivity index is 2.22. The molecule has 0 radical (unpaired) electrons. The van der Waals surface area contributed by atoms with E-state index in [0.717, 1.165) is 5.56 Å². The Morgan fingerprint density at radius 1 is 1.40 bits per heavy atom. The van der Waals surface area contributed by atoms with Gasteiger partial charge in [-0.05, 0) is 30.2 Å². The topological polar surface area (TPSA) is 110 Å². The molecule has 0 spiro atoms. The molecular formula is C12H15N3O4S. The quantitative estimate of drug-likeness (QED) is 0.773. The molecule has 0 aliphatic carbocycles. The van der Waals surface area contributed by atoms with Gasteiger partial charge in [-0.3, -0.25) is 9.59 Å². The van der Waals surface area contributed by atoms with Crippen LogP contribution < -0.4 is 15.4 Å². The zero-order valence-electron chi connectivity index (χ0n) is 10.9. The number of fused-ring (bicyclic) bond motifs is 1. The standard InChI is InChI=1S/C12H15N3O4S/c1-8(16)14-7-12(17)15-5-4-9-6-10(20(13,18)19)2-3-11(9)15/h2-3,6H,4-5,7H2,1H3,(H,14,16)(H2,13,18,19). The summed E-state index contributed by atoms with van der Waals surface area (Å²) in [5.74, 6) is -0.510. The van der Waals surface area contributed by atoms with Crippen LogP contribution in [0.2, 0.25) is 0 Å². The number of sulfonamides is 1. The van der Waals surface area contributed by atoms with Crippen molar-refractivity contribution >= 4 is 27.5 Å². The molecule has 3 N–H and O–H groups in total. The number of carbonyl (C=O) groups excluding carboxylic acids is 2. The van der Waals surface area contributed by atoms with Crippen molar-refractivity contribution < 1.29 is 18.0 Å². The van der Waals surface area contributed by atoms with Crippen LogP contribution in [0, 0.1) is 0 Å². The lowest BCUT2D eigenvalue weighted by Crippen LogP contribution is -2.38. The SMILES string of the molecule is CC(=O)NCC(=O)N1CCc2cc(S(N)(=O)=O)ccc21. The molecule has 0 saturated carbocycles. The molecule has 0 saturated heterocycles. The van der Waals surface area contributed by atoms with Gasteiger partial charge in [0.15, 0.2) is 0 Å². The summed E-state index contributed by atoms with van der Waals surface area (Å²) in [4.78, 5) is 24.3. The van der Waals surface area contributed by atoms with Crippen LogP contribution in [0.3, 0.4) is 0 Å². The first-order chi connectivity index (χ1) is 9.29. The smallest absolute Gasteiger partial charge is 0.246 e. The van der Waals surface area contributed by atoms with E-state index >= 15 is 0 Å². The lowest BCUT2D eigenvalue weighted by atomic mass is 10.2. The fourth-order valence-electron chi connectivity index (χ4n) is 2.11. The van der Waals surface area contributed by atoms with Crippen molar-refractivity contribution in [3.8, 4) is 0 Å². The maximum absolute atomic E-state index is 12.0. The number of nitrogens with zero attached hydrogens (tertiary/aromatic N) is 1. The zero-order valence-corrected chi connectivity index (χ0v) is 11.7. The Bertz CT molecular complexity index is 669. The number of benzene rings is 1. The maximum Gasteiger partial charge on any atom is 0.246 e. The molecule has 1 aromatic rings. The number of nitrogens with one attached hydrogen (secondary N) is 1. The number of hydrogen-bond acceptors (Lipinski definition) is 4. The third-order valence-corrected chi connectivity index (χ3v) is 3.98. The summed E-state index contributed by atoms with van der Waals surface area (Å²) in [5.41, 5.74) is 1.42. The molecule has 8 heteroatoms. The highest BCUT2D eigenvalue weighted by Gasteiger charge is 2.25. The highest BCUT2D eigenvalue weighted by molar-refractivity contribution is 7.89. The van der Waals surface area contributed by atoms with Gasteiger partial charge in [0.1, 0.15) is 0 Å². The van der Waals surface area contributed by atoms with Crippen molar-refractivity contribution in [1.82, 2.24) is 5.32 Å².